The highest BCUT2D eigenvalue weighted by molar-refractivity contribution is 6.07. The molecule has 4 N–H and O–H groups in total. The highest BCUT2D eigenvalue weighted by Crippen LogP contribution is 2.40. The summed E-state index contributed by atoms with van der Waals surface area (Å²) in [6.07, 6.45) is -0.292. The Kier molecular flexibility index (Phi) is 5.77. The van der Waals surface area contributed by atoms with Crippen LogP contribution in [0.15, 0.2) is 12.1 Å². The van der Waals surface area contributed by atoms with E-state index in [4.69, 9.17) is 0 Å². The Morgan fingerprint density at radius 1 is 0.586 bits per heavy atom. The molecule has 0 amide bonds. The lowest BCUT2D eigenvalue weighted by atomic mass is 9.91. The zero-order chi connectivity index (χ0) is 22.2. The summed E-state index contributed by atoms with van der Waals surface area (Å²) in [5.41, 5.74) is -1.32. The fourth-order valence-electron chi connectivity index (χ4n) is 3.12. The first kappa shape index (κ1) is 21.6. The van der Waals surface area contributed by atoms with Crippen molar-refractivity contribution in [2.45, 2.75) is 34.1 Å². The first-order valence-electron chi connectivity index (χ1n) is 8.57. The monoisotopic (exact) mass is 400 g/mol. The van der Waals surface area contributed by atoms with Gasteiger partial charge in [-0.3, -0.25) is 19.2 Å². The van der Waals surface area contributed by atoms with Crippen molar-refractivity contribution in [2.24, 2.45) is 0 Å². The Hall–Kier alpha value is -3.68. The molecule has 152 valence electrons. The molecule has 0 saturated carbocycles. The predicted octanol–water partition coefficient (Wildman–Crippen LogP) is 2.91. The number of hydrogen-bond acceptors (Lipinski definition) is 8. The molecule has 29 heavy (non-hydrogen) atoms. The summed E-state index contributed by atoms with van der Waals surface area (Å²) in [7, 11) is 0. The van der Waals surface area contributed by atoms with E-state index in [0.717, 1.165) is 26.0 Å². The van der Waals surface area contributed by atoms with Crippen LogP contribution in [-0.4, -0.2) is 43.6 Å². The van der Waals surface area contributed by atoms with Crippen LogP contribution in [0.2, 0.25) is 0 Å². The summed E-state index contributed by atoms with van der Waals surface area (Å²) in [4.78, 5) is 47.4. The topological polar surface area (TPSA) is 149 Å². The van der Waals surface area contributed by atoms with Crippen LogP contribution >= 0.6 is 0 Å². The van der Waals surface area contributed by atoms with Crippen molar-refractivity contribution < 1.29 is 39.6 Å². The summed E-state index contributed by atoms with van der Waals surface area (Å²) in [6, 6.07) is 2.32. The van der Waals surface area contributed by atoms with Crippen LogP contribution in [0.3, 0.4) is 0 Å². The number of aromatic hydroxyl groups is 4. The van der Waals surface area contributed by atoms with Crippen LogP contribution < -0.4 is 0 Å². The number of carbonyl (C=O) groups is 4. The minimum atomic E-state index is -0.687. The van der Waals surface area contributed by atoms with E-state index in [1.54, 1.807) is 0 Å². The number of benzene rings is 2. The normalized spacial score (nSPS) is 10.6. The first-order chi connectivity index (χ1) is 13.4. The molecule has 2 aromatic rings. The van der Waals surface area contributed by atoms with Crippen LogP contribution in [0.5, 0.6) is 23.0 Å². The number of phenols is 4. The Bertz CT molecular complexity index is 994. The molecule has 0 saturated heterocycles. The Morgan fingerprint density at radius 3 is 1.14 bits per heavy atom. The molecule has 8 nitrogen and oxygen atoms in total. The summed E-state index contributed by atoms with van der Waals surface area (Å²) >= 11 is 0. The van der Waals surface area contributed by atoms with Gasteiger partial charge in [0.15, 0.2) is 23.1 Å². The van der Waals surface area contributed by atoms with E-state index >= 15 is 0 Å². The summed E-state index contributed by atoms with van der Waals surface area (Å²) in [5, 5.41) is 41.2. The number of hydrogen-bond donors (Lipinski definition) is 4. The van der Waals surface area contributed by atoms with Crippen LogP contribution in [0.4, 0.5) is 0 Å². The van der Waals surface area contributed by atoms with Crippen molar-refractivity contribution in [3.05, 3.63) is 45.5 Å². The van der Waals surface area contributed by atoms with Gasteiger partial charge in [-0.15, -0.1) is 0 Å². The van der Waals surface area contributed by atoms with E-state index in [1.807, 2.05) is 0 Å². The molecule has 0 fully saturated rings. The van der Waals surface area contributed by atoms with Crippen molar-refractivity contribution in [3.8, 4) is 23.0 Å². The van der Waals surface area contributed by atoms with Gasteiger partial charge < -0.3 is 20.4 Å². The van der Waals surface area contributed by atoms with Gasteiger partial charge in [0.1, 0.15) is 34.1 Å². The molecule has 0 bridgehead atoms. The van der Waals surface area contributed by atoms with Gasteiger partial charge in [0.2, 0.25) is 0 Å². The van der Waals surface area contributed by atoms with Gasteiger partial charge in [-0.2, -0.15) is 0 Å². The highest BCUT2D eigenvalue weighted by atomic mass is 16.3. The van der Waals surface area contributed by atoms with Gasteiger partial charge in [0.25, 0.3) is 0 Å². The first-order valence-corrected chi connectivity index (χ1v) is 8.57. The van der Waals surface area contributed by atoms with Gasteiger partial charge in [-0.05, 0) is 39.8 Å². The van der Waals surface area contributed by atoms with E-state index in [2.05, 4.69) is 0 Å². The van der Waals surface area contributed by atoms with Gasteiger partial charge in [-0.1, -0.05) is 0 Å². The number of Topliss-reactive ketones (excluding diaryl/α,β-unsaturated/α-hetero) is 4. The maximum absolute atomic E-state index is 11.9. The lowest BCUT2D eigenvalue weighted by Gasteiger charge is -2.16. The van der Waals surface area contributed by atoms with Gasteiger partial charge in [0, 0.05) is 17.5 Å². The predicted molar refractivity (Wildman–Crippen MR) is 102 cm³/mol. The quantitative estimate of drug-likeness (QED) is 0.541. The lowest BCUT2D eigenvalue weighted by molar-refractivity contribution is 0.0990. The van der Waals surface area contributed by atoms with Crippen LogP contribution in [0.25, 0.3) is 0 Å². The molecular weight excluding hydrogens is 380 g/mol. The second kappa shape index (κ2) is 7.75. The zero-order valence-corrected chi connectivity index (χ0v) is 16.3. The smallest absolute Gasteiger partial charge is 0.167 e. The molecular formula is C21H20O8. The van der Waals surface area contributed by atoms with E-state index in [-0.39, 0.29) is 28.7 Å². The van der Waals surface area contributed by atoms with Crippen molar-refractivity contribution >= 4 is 23.1 Å². The number of ketones is 4. The Labute approximate surface area is 166 Å². The molecule has 0 aliphatic heterocycles. The molecule has 0 aliphatic carbocycles. The summed E-state index contributed by atoms with van der Waals surface area (Å²) in [6.45, 7) is 4.53. The van der Waals surface area contributed by atoms with E-state index in [9.17, 15) is 39.6 Å². The van der Waals surface area contributed by atoms with E-state index in [0.29, 0.717) is 0 Å². The third-order valence-electron chi connectivity index (χ3n) is 4.55. The van der Waals surface area contributed by atoms with Crippen LogP contribution in [-0.2, 0) is 6.42 Å². The van der Waals surface area contributed by atoms with Crippen molar-refractivity contribution in [2.75, 3.05) is 0 Å². The molecule has 2 rings (SSSR count). The standard InChI is InChI=1S/C21H20O8/c1-8(22)14-6-12(18(26)16(10(3)24)20(14)28)5-13-7-15(9(2)23)21(29)17(11(4)25)19(13)27/h6-7,26-29H,5H2,1-4H3. The number of phenolic OH excluding ortho intramolecular Hbond substituents is 4. The third-order valence-corrected chi connectivity index (χ3v) is 4.55. The zero-order valence-electron chi connectivity index (χ0n) is 16.3. The second-order valence-electron chi connectivity index (χ2n) is 6.71. The minimum Gasteiger partial charge on any atom is -0.507 e. The minimum absolute atomic E-state index is 0.00296. The largest absolute Gasteiger partial charge is 0.507 e. The fraction of sp³-hybridized carbons (Fsp3) is 0.238. The van der Waals surface area contributed by atoms with Crippen molar-refractivity contribution in [1.29, 1.82) is 0 Å². The molecule has 0 spiro atoms. The van der Waals surface area contributed by atoms with Gasteiger partial charge in [0.05, 0.1) is 11.1 Å². The van der Waals surface area contributed by atoms with Gasteiger partial charge in [-0.25, -0.2) is 0 Å². The molecule has 2 aromatic carbocycles. The summed E-state index contributed by atoms with van der Waals surface area (Å²) < 4.78 is 0. The molecule has 8 heteroatoms. The van der Waals surface area contributed by atoms with Crippen molar-refractivity contribution in [3.63, 3.8) is 0 Å². The van der Waals surface area contributed by atoms with E-state index in [1.165, 1.54) is 13.8 Å². The van der Waals surface area contributed by atoms with Crippen LogP contribution in [0, 0.1) is 0 Å². The highest BCUT2D eigenvalue weighted by Gasteiger charge is 2.26. The summed E-state index contributed by atoms with van der Waals surface area (Å²) in [5.74, 6) is -5.00. The van der Waals surface area contributed by atoms with Gasteiger partial charge >= 0.3 is 0 Å². The molecule has 0 heterocycles. The lowest BCUT2D eigenvalue weighted by Crippen LogP contribution is -2.07. The average molecular weight is 400 g/mol. The van der Waals surface area contributed by atoms with Crippen molar-refractivity contribution in [1.82, 2.24) is 0 Å². The maximum Gasteiger partial charge on any atom is 0.167 e. The fourth-order valence-corrected chi connectivity index (χ4v) is 3.12. The molecule has 0 radical (unpaired) electrons. The Balaban J connectivity index is 2.81. The molecule has 0 aromatic heterocycles. The number of carbonyl (C=O) groups excluding carboxylic acids is 4. The molecule has 0 unspecified atom stereocenters. The number of rotatable bonds is 6. The SMILES string of the molecule is CC(=O)c1cc(Cc2cc(C(C)=O)c(O)c(C(C)=O)c2O)c(O)c(C(C)=O)c1O. The molecule has 0 aliphatic rings. The Morgan fingerprint density at radius 2 is 0.897 bits per heavy atom. The van der Waals surface area contributed by atoms with Crippen LogP contribution in [0.1, 0.15) is 80.3 Å². The third kappa shape index (κ3) is 3.82. The average Bonchev–Trinajstić information content (AvgIpc) is 2.58. The van der Waals surface area contributed by atoms with E-state index < -0.39 is 57.3 Å². The molecule has 0 atom stereocenters. The maximum atomic E-state index is 11.9. The second-order valence-corrected chi connectivity index (χ2v) is 6.71.